The van der Waals surface area contributed by atoms with Gasteiger partial charge in [-0.25, -0.2) is 9.07 Å². The third kappa shape index (κ3) is 4.42. The number of anilines is 1. The zero-order chi connectivity index (χ0) is 27.2. The summed E-state index contributed by atoms with van der Waals surface area (Å²) in [5, 5.41) is 7.31. The summed E-state index contributed by atoms with van der Waals surface area (Å²) in [5.41, 5.74) is 1.25. The second-order valence-corrected chi connectivity index (χ2v) is 9.03. The van der Waals surface area contributed by atoms with Crippen LogP contribution in [0.2, 0.25) is 0 Å². The predicted octanol–water partition coefficient (Wildman–Crippen LogP) is 5.25. The lowest BCUT2D eigenvalue weighted by Crippen LogP contribution is -2.54. The van der Waals surface area contributed by atoms with Gasteiger partial charge in [-0.15, -0.1) is 0 Å². The van der Waals surface area contributed by atoms with Crippen molar-refractivity contribution in [3.8, 4) is 5.69 Å². The monoisotopic (exact) mass is 522 g/mol. The Morgan fingerprint density at radius 3 is 2.32 bits per heavy atom. The van der Waals surface area contributed by atoms with E-state index in [4.69, 9.17) is 0 Å². The number of halogens is 4. The molecule has 2 heterocycles. The largest absolute Gasteiger partial charge is 0.416 e. The summed E-state index contributed by atoms with van der Waals surface area (Å²) < 4.78 is 55.1. The number of hydrogen-bond donors (Lipinski definition) is 1. The summed E-state index contributed by atoms with van der Waals surface area (Å²) in [4.78, 5) is 28.3. The first-order valence-electron chi connectivity index (χ1n) is 11.7. The Hall–Kier alpha value is -4.47. The minimum absolute atomic E-state index is 0.240. The van der Waals surface area contributed by atoms with Gasteiger partial charge in [0.15, 0.2) is 0 Å². The van der Waals surface area contributed by atoms with Crippen LogP contribution in [0.15, 0.2) is 78.9 Å². The second kappa shape index (κ2) is 9.44. The lowest BCUT2D eigenvalue weighted by atomic mass is 9.81. The fourth-order valence-electron chi connectivity index (χ4n) is 4.82. The fraction of sp³-hybridized carbons (Fsp3) is 0.179. The van der Waals surface area contributed by atoms with Crippen molar-refractivity contribution in [1.29, 1.82) is 0 Å². The molecule has 1 aromatic heterocycles. The molecule has 0 fully saturated rings. The number of hydrogen-bond acceptors (Lipinski definition) is 3. The van der Waals surface area contributed by atoms with Crippen molar-refractivity contribution in [2.24, 2.45) is 0 Å². The highest BCUT2D eigenvalue weighted by atomic mass is 19.4. The van der Waals surface area contributed by atoms with Crippen molar-refractivity contribution in [2.45, 2.75) is 25.1 Å². The highest BCUT2D eigenvalue weighted by molar-refractivity contribution is 6.05. The van der Waals surface area contributed by atoms with Gasteiger partial charge in [-0.05, 0) is 55.0 Å². The number of fused-ring (bicyclic) bond motifs is 1. The standard InChI is InChI=1S/C28H22F4N4O2/c1-16-22-23(17-11-13-20(29)14-12-17)24(33-25(37)18-7-6-8-19(15-18)28(30,31)32)27(38)35(2)26(22)36(34-16)21-9-4-3-5-10-21/h3-15,23-24H,1-2H3,(H,33,37)/t23-,24-/m0/s1. The van der Waals surface area contributed by atoms with Gasteiger partial charge in [0, 0.05) is 24.1 Å². The Bertz CT molecular complexity index is 1510. The molecule has 0 unspecified atom stereocenters. The minimum Gasteiger partial charge on any atom is -0.339 e. The average molecular weight is 523 g/mol. The number of likely N-dealkylation sites (N-methyl/N-ethyl adjacent to an activating group) is 1. The highest BCUT2D eigenvalue weighted by Crippen LogP contribution is 2.43. The number of nitrogens with zero attached hydrogens (tertiary/aromatic N) is 3. The van der Waals surface area contributed by atoms with Crippen LogP contribution in [0.3, 0.4) is 0 Å². The maximum Gasteiger partial charge on any atom is 0.416 e. The summed E-state index contributed by atoms with van der Waals surface area (Å²) in [7, 11) is 1.55. The first-order chi connectivity index (χ1) is 18.1. The summed E-state index contributed by atoms with van der Waals surface area (Å²) in [6, 6.07) is 17.5. The summed E-state index contributed by atoms with van der Waals surface area (Å²) in [6.45, 7) is 1.77. The van der Waals surface area contributed by atoms with Gasteiger partial charge in [0.05, 0.1) is 16.9 Å². The van der Waals surface area contributed by atoms with E-state index in [0.29, 0.717) is 28.3 Å². The molecule has 5 rings (SSSR count). The number of para-hydroxylation sites is 1. The first kappa shape index (κ1) is 25.2. The Kier molecular flexibility index (Phi) is 6.26. The normalized spacial score (nSPS) is 17.3. The van der Waals surface area contributed by atoms with Crippen LogP contribution in [0, 0.1) is 12.7 Å². The topological polar surface area (TPSA) is 67.2 Å². The molecule has 0 saturated carbocycles. The van der Waals surface area contributed by atoms with Crippen molar-refractivity contribution < 1.29 is 27.2 Å². The van der Waals surface area contributed by atoms with Gasteiger partial charge in [-0.1, -0.05) is 36.4 Å². The Morgan fingerprint density at radius 1 is 0.974 bits per heavy atom. The molecule has 1 aliphatic heterocycles. The van der Waals surface area contributed by atoms with E-state index in [1.165, 1.54) is 35.2 Å². The van der Waals surface area contributed by atoms with Crippen molar-refractivity contribution in [3.63, 3.8) is 0 Å². The minimum atomic E-state index is -4.63. The van der Waals surface area contributed by atoms with E-state index in [1.54, 1.807) is 18.7 Å². The van der Waals surface area contributed by atoms with Crippen molar-refractivity contribution in [2.75, 3.05) is 11.9 Å². The molecule has 0 radical (unpaired) electrons. The van der Waals surface area contributed by atoms with Crippen LogP contribution >= 0.6 is 0 Å². The number of alkyl halides is 3. The van der Waals surface area contributed by atoms with Gasteiger partial charge in [0.1, 0.15) is 17.7 Å². The molecule has 0 aliphatic carbocycles. The molecule has 6 nitrogen and oxygen atoms in total. The number of aryl methyl sites for hydroxylation is 1. The van der Waals surface area contributed by atoms with Crippen LogP contribution in [0.1, 0.15) is 38.7 Å². The summed E-state index contributed by atoms with van der Waals surface area (Å²) >= 11 is 0. The molecule has 2 atom stereocenters. The molecule has 1 aliphatic rings. The third-order valence-electron chi connectivity index (χ3n) is 6.61. The molecule has 0 bridgehead atoms. The molecule has 194 valence electrons. The number of rotatable bonds is 4. The van der Waals surface area contributed by atoms with Gasteiger partial charge in [-0.2, -0.15) is 18.3 Å². The van der Waals surface area contributed by atoms with Crippen LogP contribution in [0.4, 0.5) is 23.4 Å². The molecular weight excluding hydrogens is 500 g/mol. The van der Waals surface area contributed by atoms with Crippen molar-refractivity contribution in [3.05, 3.63) is 113 Å². The molecule has 4 aromatic rings. The number of carbonyl (C=O) groups excluding carboxylic acids is 2. The number of nitrogens with one attached hydrogen (secondary N) is 1. The van der Waals surface area contributed by atoms with E-state index in [-0.39, 0.29) is 5.56 Å². The van der Waals surface area contributed by atoms with Gasteiger partial charge in [0.25, 0.3) is 11.8 Å². The number of benzene rings is 3. The van der Waals surface area contributed by atoms with E-state index in [9.17, 15) is 27.2 Å². The summed E-state index contributed by atoms with van der Waals surface area (Å²) in [6.07, 6.45) is -4.63. The second-order valence-electron chi connectivity index (χ2n) is 9.03. The van der Waals surface area contributed by atoms with E-state index < -0.39 is 41.3 Å². The molecule has 0 spiro atoms. The van der Waals surface area contributed by atoms with Crippen molar-refractivity contribution >= 4 is 17.6 Å². The molecule has 2 amide bonds. The smallest absolute Gasteiger partial charge is 0.339 e. The lowest BCUT2D eigenvalue weighted by molar-refractivity contribution is -0.137. The van der Waals surface area contributed by atoms with E-state index in [2.05, 4.69) is 10.4 Å². The third-order valence-corrected chi connectivity index (χ3v) is 6.61. The highest BCUT2D eigenvalue weighted by Gasteiger charge is 2.45. The first-order valence-corrected chi connectivity index (χ1v) is 11.7. The van der Waals surface area contributed by atoms with E-state index >= 15 is 0 Å². The average Bonchev–Trinajstić information content (AvgIpc) is 3.25. The van der Waals surface area contributed by atoms with Crippen LogP contribution < -0.4 is 10.2 Å². The molecular formula is C28H22F4N4O2. The summed E-state index contributed by atoms with van der Waals surface area (Å²) in [5.74, 6) is -2.11. The molecule has 3 aromatic carbocycles. The lowest BCUT2D eigenvalue weighted by Gasteiger charge is -2.37. The van der Waals surface area contributed by atoms with Gasteiger partial charge in [0.2, 0.25) is 0 Å². The SMILES string of the molecule is Cc1nn(-c2ccccc2)c2c1[C@H](c1ccc(F)cc1)[C@H](NC(=O)c1cccc(C(F)(F)F)c1)C(=O)N2C. The zero-order valence-corrected chi connectivity index (χ0v) is 20.3. The molecule has 0 saturated heterocycles. The van der Waals surface area contributed by atoms with Gasteiger partial charge in [-0.3, -0.25) is 14.5 Å². The van der Waals surface area contributed by atoms with Crippen LogP contribution in [-0.4, -0.2) is 34.7 Å². The van der Waals surface area contributed by atoms with Crippen LogP contribution in [0.25, 0.3) is 5.69 Å². The zero-order valence-electron chi connectivity index (χ0n) is 20.3. The van der Waals surface area contributed by atoms with Crippen molar-refractivity contribution in [1.82, 2.24) is 15.1 Å². The Labute approximate surface area is 215 Å². The predicted molar refractivity (Wildman–Crippen MR) is 133 cm³/mol. The number of amides is 2. The maximum absolute atomic E-state index is 13.8. The van der Waals surface area contributed by atoms with Crippen LogP contribution in [0.5, 0.6) is 0 Å². The van der Waals surface area contributed by atoms with Gasteiger partial charge < -0.3 is 5.32 Å². The maximum atomic E-state index is 13.8. The molecule has 10 heteroatoms. The quantitative estimate of drug-likeness (QED) is 0.373. The van der Waals surface area contributed by atoms with E-state index in [0.717, 1.165) is 18.2 Å². The van der Waals surface area contributed by atoms with E-state index in [1.807, 2.05) is 30.3 Å². The number of carbonyl (C=O) groups is 2. The number of aromatic nitrogens is 2. The fourth-order valence-corrected chi connectivity index (χ4v) is 4.82. The van der Waals surface area contributed by atoms with Gasteiger partial charge >= 0.3 is 6.18 Å². The molecule has 1 N–H and O–H groups in total. The molecule has 38 heavy (non-hydrogen) atoms. The Morgan fingerprint density at radius 2 is 1.66 bits per heavy atom. The van der Waals surface area contributed by atoms with Crippen LogP contribution in [-0.2, 0) is 11.0 Å². The Balaban J connectivity index is 1.62.